The number of ether oxygens (including phenoxy) is 1. The van der Waals surface area contributed by atoms with E-state index in [4.69, 9.17) is 16.3 Å². The van der Waals surface area contributed by atoms with Crippen molar-refractivity contribution in [3.8, 4) is 0 Å². The average Bonchev–Trinajstić information content (AvgIpc) is 2.69. The van der Waals surface area contributed by atoms with Crippen molar-refractivity contribution < 1.29 is 24.0 Å². The molecule has 2 N–H and O–H groups in total. The van der Waals surface area contributed by atoms with Gasteiger partial charge in [0.25, 0.3) is 11.6 Å². The van der Waals surface area contributed by atoms with Crippen molar-refractivity contribution in [1.29, 1.82) is 0 Å². The van der Waals surface area contributed by atoms with Crippen molar-refractivity contribution in [3.05, 3.63) is 63.2 Å². The molecule has 0 aliphatic carbocycles. The van der Waals surface area contributed by atoms with Crippen molar-refractivity contribution in [2.45, 2.75) is 22.8 Å². The van der Waals surface area contributed by atoms with Gasteiger partial charge in [-0.25, -0.2) is 9.59 Å². The van der Waals surface area contributed by atoms with Crippen LogP contribution in [-0.4, -0.2) is 36.0 Å². The Morgan fingerprint density at radius 1 is 1.17 bits per heavy atom. The number of carbonyl (C=O) groups is 3. The largest absolute Gasteiger partial charge is 0.449 e. The summed E-state index contributed by atoms with van der Waals surface area (Å²) in [6, 6.07) is 9.78. The Morgan fingerprint density at radius 3 is 2.41 bits per heavy atom. The zero-order valence-electron chi connectivity index (χ0n) is 15.3. The second-order valence-electron chi connectivity index (χ2n) is 5.61. The van der Waals surface area contributed by atoms with Gasteiger partial charge in [-0.05, 0) is 37.3 Å². The van der Waals surface area contributed by atoms with Crippen molar-refractivity contribution in [2.24, 2.45) is 0 Å². The van der Waals surface area contributed by atoms with Crippen LogP contribution in [0.4, 0.5) is 10.5 Å². The van der Waals surface area contributed by atoms with Gasteiger partial charge in [-0.3, -0.25) is 20.2 Å². The van der Waals surface area contributed by atoms with Gasteiger partial charge in [0.15, 0.2) is 6.10 Å². The lowest BCUT2D eigenvalue weighted by Crippen LogP contribution is -2.43. The van der Waals surface area contributed by atoms with Crippen LogP contribution < -0.4 is 10.6 Å². The molecule has 29 heavy (non-hydrogen) atoms. The molecule has 9 nitrogen and oxygen atoms in total. The molecule has 2 aromatic rings. The van der Waals surface area contributed by atoms with Gasteiger partial charge in [0.05, 0.1) is 10.5 Å². The number of halogens is 1. The molecule has 0 aromatic heterocycles. The first-order valence-electron chi connectivity index (χ1n) is 8.16. The summed E-state index contributed by atoms with van der Waals surface area (Å²) in [4.78, 5) is 47.3. The molecule has 2 aromatic carbocycles. The third-order valence-corrected chi connectivity index (χ3v) is 4.89. The van der Waals surface area contributed by atoms with Gasteiger partial charge in [0, 0.05) is 34.0 Å². The number of benzene rings is 2. The highest BCUT2D eigenvalue weighted by atomic mass is 35.5. The van der Waals surface area contributed by atoms with E-state index in [0.29, 0.717) is 9.92 Å². The summed E-state index contributed by atoms with van der Waals surface area (Å²) in [5.74, 6) is -1.78. The maximum absolute atomic E-state index is 12.6. The number of hydrogen-bond acceptors (Lipinski definition) is 7. The number of nitro groups is 1. The number of nitro benzene ring substituents is 1. The van der Waals surface area contributed by atoms with E-state index >= 15 is 0 Å². The molecule has 152 valence electrons. The Kier molecular flexibility index (Phi) is 7.57. The molecule has 0 bridgehead atoms. The van der Waals surface area contributed by atoms with E-state index in [0.717, 1.165) is 11.0 Å². The number of nitrogens with zero attached hydrogens (tertiary/aromatic N) is 1. The van der Waals surface area contributed by atoms with E-state index in [1.165, 1.54) is 37.9 Å². The molecule has 0 spiro atoms. The molecule has 1 unspecified atom stereocenters. The van der Waals surface area contributed by atoms with Crippen LogP contribution >= 0.6 is 23.4 Å². The van der Waals surface area contributed by atoms with Gasteiger partial charge in [-0.15, -0.1) is 0 Å². The van der Waals surface area contributed by atoms with E-state index in [1.807, 2.05) is 5.32 Å². The van der Waals surface area contributed by atoms with Crippen LogP contribution in [0.1, 0.15) is 17.3 Å². The minimum atomic E-state index is -1.30. The topological polar surface area (TPSA) is 128 Å². The van der Waals surface area contributed by atoms with Gasteiger partial charge in [-0.1, -0.05) is 23.4 Å². The fourth-order valence-corrected chi connectivity index (χ4v) is 3.10. The summed E-state index contributed by atoms with van der Waals surface area (Å²) in [6.07, 6.45) is -1.30. The minimum absolute atomic E-state index is 0.0845. The van der Waals surface area contributed by atoms with E-state index in [2.05, 4.69) is 5.32 Å². The first kappa shape index (κ1) is 22.2. The molecular formula is C18H16ClN3O6S. The molecule has 1 atom stereocenters. The van der Waals surface area contributed by atoms with Gasteiger partial charge < -0.3 is 10.1 Å². The van der Waals surface area contributed by atoms with Crippen LogP contribution in [0, 0.1) is 10.1 Å². The van der Waals surface area contributed by atoms with Crippen LogP contribution in [-0.2, 0) is 9.53 Å². The van der Waals surface area contributed by atoms with Crippen molar-refractivity contribution in [2.75, 3.05) is 7.05 Å². The fourth-order valence-electron chi connectivity index (χ4n) is 2.06. The van der Waals surface area contributed by atoms with Crippen molar-refractivity contribution in [3.63, 3.8) is 0 Å². The van der Waals surface area contributed by atoms with E-state index in [-0.39, 0.29) is 11.3 Å². The molecule has 0 aliphatic heterocycles. The Morgan fingerprint density at radius 2 is 1.83 bits per heavy atom. The summed E-state index contributed by atoms with van der Waals surface area (Å²) in [5.41, 5.74) is -0.390. The third-order valence-electron chi connectivity index (χ3n) is 3.55. The van der Waals surface area contributed by atoms with Crippen LogP contribution in [0.2, 0.25) is 5.02 Å². The maximum Gasteiger partial charge on any atom is 0.340 e. The Hall–Kier alpha value is -3.11. The third kappa shape index (κ3) is 6.19. The second kappa shape index (κ2) is 9.89. The molecule has 0 saturated carbocycles. The number of carbonyl (C=O) groups excluding carboxylic acids is 3. The molecule has 11 heteroatoms. The lowest BCUT2D eigenvalue weighted by atomic mass is 10.2. The van der Waals surface area contributed by atoms with E-state index in [9.17, 15) is 24.5 Å². The predicted octanol–water partition coefficient (Wildman–Crippen LogP) is 3.40. The number of urea groups is 1. The maximum atomic E-state index is 12.6. The number of nitrogens with one attached hydrogen (secondary N) is 2. The summed E-state index contributed by atoms with van der Waals surface area (Å²) >= 11 is 7.04. The van der Waals surface area contributed by atoms with Gasteiger partial charge in [-0.2, -0.15) is 0 Å². The summed E-state index contributed by atoms with van der Waals surface area (Å²) in [5, 5.41) is 15.8. The lowest BCUT2D eigenvalue weighted by Gasteiger charge is -2.14. The normalized spacial score (nSPS) is 11.3. The Balaban J connectivity index is 2.27. The lowest BCUT2D eigenvalue weighted by molar-refractivity contribution is -0.384. The highest BCUT2D eigenvalue weighted by Crippen LogP contribution is 2.33. The number of esters is 1. The Bertz CT molecular complexity index is 951. The minimum Gasteiger partial charge on any atom is -0.449 e. The average molecular weight is 438 g/mol. The van der Waals surface area contributed by atoms with Crippen molar-refractivity contribution >= 4 is 47.0 Å². The quantitative estimate of drug-likeness (QED) is 0.402. The van der Waals surface area contributed by atoms with Gasteiger partial charge in [0.1, 0.15) is 0 Å². The number of amides is 3. The number of imide groups is 1. The van der Waals surface area contributed by atoms with Crippen LogP contribution in [0.15, 0.2) is 52.3 Å². The van der Waals surface area contributed by atoms with E-state index < -0.39 is 28.9 Å². The first-order valence-corrected chi connectivity index (χ1v) is 9.36. The fraction of sp³-hybridized carbons (Fsp3) is 0.167. The molecule has 0 aliphatic rings. The highest BCUT2D eigenvalue weighted by molar-refractivity contribution is 7.99. The SMILES string of the molecule is CNC(=O)NC(=O)C(C)OC(=O)c1cc([N+](=O)[O-])ccc1Sc1ccc(Cl)cc1. The van der Waals surface area contributed by atoms with Gasteiger partial charge >= 0.3 is 12.0 Å². The second-order valence-corrected chi connectivity index (χ2v) is 7.16. The summed E-state index contributed by atoms with van der Waals surface area (Å²) < 4.78 is 5.09. The molecule has 0 saturated heterocycles. The summed E-state index contributed by atoms with van der Waals surface area (Å²) in [7, 11) is 1.32. The molecule has 3 amide bonds. The smallest absolute Gasteiger partial charge is 0.340 e. The molecular weight excluding hydrogens is 422 g/mol. The molecule has 2 rings (SSSR count). The zero-order chi connectivity index (χ0) is 21.6. The molecule has 0 fully saturated rings. The Labute approximate surface area is 174 Å². The standard InChI is InChI=1S/C18H16ClN3O6S/c1-10(16(23)21-18(25)20-2)28-17(24)14-9-12(22(26)27)5-8-15(14)29-13-6-3-11(19)4-7-13/h3-10H,1-2H3,(H2,20,21,23,25). The van der Waals surface area contributed by atoms with Crippen LogP contribution in [0.3, 0.4) is 0 Å². The number of hydrogen-bond donors (Lipinski definition) is 2. The van der Waals surface area contributed by atoms with Crippen LogP contribution in [0.5, 0.6) is 0 Å². The molecule has 0 heterocycles. The molecule has 0 radical (unpaired) electrons. The monoisotopic (exact) mass is 437 g/mol. The van der Waals surface area contributed by atoms with Crippen LogP contribution in [0.25, 0.3) is 0 Å². The number of non-ortho nitro benzene ring substituents is 1. The van der Waals surface area contributed by atoms with Crippen molar-refractivity contribution in [1.82, 2.24) is 10.6 Å². The summed E-state index contributed by atoms with van der Waals surface area (Å²) in [6.45, 7) is 1.28. The zero-order valence-corrected chi connectivity index (χ0v) is 16.9. The highest BCUT2D eigenvalue weighted by Gasteiger charge is 2.24. The van der Waals surface area contributed by atoms with Gasteiger partial charge in [0.2, 0.25) is 0 Å². The number of rotatable bonds is 6. The first-order chi connectivity index (χ1) is 13.7. The van der Waals surface area contributed by atoms with E-state index in [1.54, 1.807) is 24.3 Å². The predicted molar refractivity (Wildman–Crippen MR) is 106 cm³/mol.